The fraction of sp³-hybridized carbons (Fsp3) is 0.250. The fourth-order valence-electron chi connectivity index (χ4n) is 2.65. The molecule has 0 saturated carbocycles. The van der Waals surface area contributed by atoms with Crippen molar-refractivity contribution in [3.63, 3.8) is 0 Å². The Bertz CT molecular complexity index is 772. The molecule has 1 unspecified atom stereocenters. The van der Waals surface area contributed by atoms with Gasteiger partial charge in [0.1, 0.15) is 11.7 Å². The molecular formula is C20H19NO3. The van der Waals surface area contributed by atoms with Crippen molar-refractivity contribution in [2.24, 2.45) is 5.92 Å². The molecule has 0 fully saturated rings. The number of nitrogens with zero attached hydrogens (tertiary/aromatic N) is 1. The van der Waals surface area contributed by atoms with E-state index >= 15 is 0 Å². The number of aliphatic carboxylic acids is 1. The number of hydrogen-bond donors (Lipinski definition) is 1. The maximum atomic E-state index is 11.9. The lowest BCUT2D eigenvalue weighted by atomic mass is 9.91. The molecule has 2 rings (SSSR count). The molecule has 0 bridgehead atoms. The van der Waals surface area contributed by atoms with E-state index in [9.17, 15) is 20.0 Å². The van der Waals surface area contributed by atoms with Crippen LogP contribution in [-0.2, 0) is 16.0 Å². The molecule has 0 radical (unpaired) electrons. The minimum atomic E-state index is -1.08. The number of Topliss-reactive ketones (excluding diaryl/α,β-unsaturated/α-hetero) is 1. The van der Waals surface area contributed by atoms with Crippen LogP contribution in [0, 0.1) is 17.2 Å². The largest absolute Gasteiger partial charge is 0.481 e. The van der Waals surface area contributed by atoms with Crippen molar-refractivity contribution in [1.29, 1.82) is 5.26 Å². The molecule has 4 heteroatoms. The summed E-state index contributed by atoms with van der Waals surface area (Å²) in [5.41, 5.74) is 3.11. The van der Waals surface area contributed by atoms with E-state index in [-0.39, 0.29) is 18.6 Å². The summed E-state index contributed by atoms with van der Waals surface area (Å²) >= 11 is 0. The number of hydrogen-bond acceptors (Lipinski definition) is 3. The molecule has 2 aromatic rings. The standard InChI is InChI=1S/C20H19NO3/c1-2-5-19(22)18(20(23)24)12-14-8-10-15(11-9-14)17-7-4-3-6-16(17)13-21/h3-4,6-11,18H,2,5,12H2,1H3,(H,23,24). The molecule has 0 saturated heterocycles. The molecule has 0 heterocycles. The van der Waals surface area contributed by atoms with Crippen LogP contribution < -0.4 is 0 Å². The van der Waals surface area contributed by atoms with Crippen molar-refractivity contribution in [3.8, 4) is 17.2 Å². The molecule has 0 spiro atoms. The number of ketones is 1. The second-order valence-corrected chi connectivity index (χ2v) is 5.67. The average molecular weight is 321 g/mol. The van der Waals surface area contributed by atoms with Gasteiger partial charge >= 0.3 is 5.97 Å². The van der Waals surface area contributed by atoms with Gasteiger partial charge in [-0.15, -0.1) is 0 Å². The second-order valence-electron chi connectivity index (χ2n) is 5.67. The maximum absolute atomic E-state index is 11.9. The van der Waals surface area contributed by atoms with Gasteiger partial charge in [-0.2, -0.15) is 5.26 Å². The molecule has 24 heavy (non-hydrogen) atoms. The van der Waals surface area contributed by atoms with Crippen molar-refractivity contribution in [2.75, 3.05) is 0 Å². The lowest BCUT2D eigenvalue weighted by molar-refractivity contribution is -0.146. The Balaban J connectivity index is 2.21. The third-order valence-corrected chi connectivity index (χ3v) is 3.94. The van der Waals surface area contributed by atoms with Gasteiger partial charge in [-0.25, -0.2) is 0 Å². The number of carbonyl (C=O) groups excluding carboxylic acids is 1. The lowest BCUT2D eigenvalue weighted by Gasteiger charge is -2.12. The Morgan fingerprint density at radius 2 is 1.79 bits per heavy atom. The van der Waals surface area contributed by atoms with Crippen LogP contribution in [0.25, 0.3) is 11.1 Å². The number of carboxylic acid groups (broad SMARTS) is 1. The first kappa shape index (κ1) is 17.4. The van der Waals surface area contributed by atoms with Gasteiger partial charge in [-0.1, -0.05) is 49.4 Å². The molecule has 0 amide bonds. The van der Waals surface area contributed by atoms with Gasteiger partial charge in [0.25, 0.3) is 0 Å². The normalized spacial score (nSPS) is 11.5. The van der Waals surface area contributed by atoms with Crippen LogP contribution in [0.3, 0.4) is 0 Å². The Hall–Kier alpha value is -2.93. The number of benzene rings is 2. The third kappa shape index (κ3) is 4.08. The quantitative estimate of drug-likeness (QED) is 0.786. The number of nitriles is 1. The molecular weight excluding hydrogens is 302 g/mol. The number of carboxylic acids is 1. The summed E-state index contributed by atoms with van der Waals surface area (Å²) < 4.78 is 0. The molecule has 0 aromatic heterocycles. The fourth-order valence-corrected chi connectivity index (χ4v) is 2.65. The highest BCUT2D eigenvalue weighted by molar-refractivity contribution is 5.98. The summed E-state index contributed by atoms with van der Waals surface area (Å²) in [5, 5.41) is 18.4. The average Bonchev–Trinajstić information content (AvgIpc) is 2.60. The molecule has 0 aliphatic rings. The predicted octanol–water partition coefficient (Wildman–Crippen LogP) is 3.84. The zero-order valence-corrected chi connectivity index (χ0v) is 13.5. The molecule has 1 N–H and O–H groups in total. The van der Waals surface area contributed by atoms with E-state index in [4.69, 9.17) is 0 Å². The van der Waals surface area contributed by atoms with Crippen molar-refractivity contribution >= 4 is 11.8 Å². The van der Waals surface area contributed by atoms with Crippen LogP contribution in [0.1, 0.15) is 30.9 Å². The van der Waals surface area contributed by atoms with Crippen LogP contribution in [0.2, 0.25) is 0 Å². The van der Waals surface area contributed by atoms with Gasteiger partial charge in [0.2, 0.25) is 0 Å². The molecule has 1 atom stereocenters. The van der Waals surface area contributed by atoms with Gasteiger partial charge in [-0.05, 0) is 35.6 Å². The van der Waals surface area contributed by atoms with E-state index in [0.29, 0.717) is 12.0 Å². The Labute approximate surface area is 141 Å². The first-order valence-corrected chi connectivity index (χ1v) is 7.90. The Morgan fingerprint density at radius 3 is 2.38 bits per heavy atom. The van der Waals surface area contributed by atoms with Crippen molar-refractivity contribution in [3.05, 3.63) is 59.7 Å². The van der Waals surface area contributed by atoms with Crippen molar-refractivity contribution < 1.29 is 14.7 Å². The Kier molecular flexibility index (Phi) is 5.86. The van der Waals surface area contributed by atoms with Gasteiger partial charge in [0.05, 0.1) is 11.6 Å². The predicted molar refractivity (Wildman–Crippen MR) is 91.3 cm³/mol. The second kappa shape index (κ2) is 8.07. The summed E-state index contributed by atoms with van der Waals surface area (Å²) in [5.74, 6) is -2.31. The molecule has 4 nitrogen and oxygen atoms in total. The van der Waals surface area contributed by atoms with Gasteiger partial charge in [0.15, 0.2) is 0 Å². The number of rotatable bonds is 7. The van der Waals surface area contributed by atoms with Crippen LogP contribution in [-0.4, -0.2) is 16.9 Å². The smallest absolute Gasteiger partial charge is 0.314 e. The summed E-state index contributed by atoms with van der Waals surface area (Å²) in [6, 6.07) is 16.8. The molecule has 122 valence electrons. The van der Waals surface area contributed by atoms with E-state index < -0.39 is 11.9 Å². The SMILES string of the molecule is CCCC(=O)C(Cc1ccc(-c2ccccc2C#N)cc1)C(=O)O. The highest BCUT2D eigenvalue weighted by Gasteiger charge is 2.25. The van der Waals surface area contributed by atoms with Crippen LogP contribution >= 0.6 is 0 Å². The van der Waals surface area contributed by atoms with Crippen molar-refractivity contribution in [2.45, 2.75) is 26.2 Å². The monoisotopic (exact) mass is 321 g/mol. The van der Waals surface area contributed by atoms with E-state index in [0.717, 1.165) is 16.7 Å². The van der Waals surface area contributed by atoms with Crippen molar-refractivity contribution in [1.82, 2.24) is 0 Å². The zero-order valence-electron chi connectivity index (χ0n) is 13.5. The first-order valence-electron chi connectivity index (χ1n) is 7.90. The van der Waals surface area contributed by atoms with E-state index in [2.05, 4.69) is 6.07 Å². The minimum Gasteiger partial charge on any atom is -0.481 e. The summed E-state index contributed by atoms with van der Waals surface area (Å²) in [4.78, 5) is 23.3. The molecule has 2 aromatic carbocycles. The topological polar surface area (TPSA) is 78.2 Å². The zero-order chi connectivity index (χ0) is 17.5. The highest BCUT2D eigenvalue weighted by atomic mass is 16.4. The molecule has 0 aliphatic carbocycles. The van der Waals surface area contributed by atoms with E-state index in [1.165, 1.54) is 0 Å². The maximum Gasteiger partial charge on any atom is 0.314 e. The molecule has 0 aliphatic heterocycles. The highest BCUT2D eigenvalue weighted by Crippen LogP contribution is 2.24. The van der Waals surface area contributed by atoms with E-state index in [1.54, 1.807) is 6.07 Å². The minimum absolute atomic E-state index is 0.189. The third-order valence-electron chi connectivity index (χ3n) is 3.94. The lowest BCUT2D eigenvalue weighted by Crippen LogP contribution is -2.25. The summed E-state index contributed by atoms with van der Waals surface area (Å²) in [6.45, 7) is 1.86. The number of carbonyl (C=O) groups is 2. The Morgan fingerprint density at radius 1 is 1.12 bits per heavy atom. The van der Waals surface area contributed by atoms with Gasteiger partial charge in [0, 0.05) is 6.42 Å². The van der Waals surface area contributed by atoms with E-state index in [1.807, 2.05) is 49.4 Å². The summed E-state index contributed by atoms with van der Waals surface area (Å²) in [6.07, 6.45) is 1.12. The van der Waals surface area contributed by atoms with Gasteiger partial charge < -0.3 is 5.11 Å². The first-order chi connectivity index (χ1) is 11.6. The van der Waals surface area contributed by atoms with Crippen LogP contribution in [0.4, 0.5) is 0 Å². The summed E-state index contributed by atoms with van der Waals surface area (Å²) in [7, 11) is 0. The van der Waals surface area contributed by atoms with Gasteiger partial charge in [-0.3, -0.25) is 9.59 Å². The van der Waals surface area contributed by atoms with Crippen LogP contribution in [0.15, 0.2) is 48.5 Å². The van der Waals surface area contributed by atoms with Crippen LogP contribution in [0.5, 0.6) is 0 Å².